The fraction of sp³-hybridized carbons (Fsp3) is 0.667. The second-order valence-electron chi connectivity index (χ2n) is 10.5. The van der Waals surface area contributed by atoms with Gasteiger partial charge >= 0.3 is 0 Å². The van der Waals surface area contributed by atoms with E-state index in [-0.39, 0.29) is 33.2 Å². The Morgan fingerprint density at radius 1 is 1.19 bits per heavy atom. The highest BCUT2D eigenvalue weighted by Gasteiger charge is 2.53. The molecule has 5 nitrogen and oxygen atoms in total. The minimum absolute atomic E-state index is 0.0285. The van der Waals surface area contributed by atoms with Gasteiger partial charge in [0, 0.05) is 23.7 Å². The summed E-state index contributed by atoms with van der Waals surface area (Å²) in [5, 5.41) is 2.89. The molecule has 1 aliphatic carbocycles. The van der Waals surface area contributed by atoms with Crippen molar-refractivity contribution in [3.8, 4) is 0 Å². The minimum Gasteiger partial charge on any atom is -0.347 e. The molecule has 0 spiro atoms. The summed E-state index contributed by atoms with van der Waals surface area (Å²) in [4.78, 5) is 12.7. The monoisotopic (exact) mass is 392 g/mol. The second kappa shape index (κ2) is 6.31. The molecule has 3 rings (SSSR count). The van der Waals surface area contributed by atoms with Crippen molar-refractivity contribution in [2.24, 2.45) is 10.8 Å². The van der Waals surface area contributed by atoms with Crippen molar-refractivity contribution in [2.75, 3.05) is 6.54 Å². The van der Waals surface area contributed by atoms with Gasteiger partial charge in [0.15, 0.2) is 0 Å². The summed E-state index contributed by atoms with van der Waals surface area (Å²) in [6.07, 6.45) is 2.84. The molecule has 1 N–H and O–H groups in total. The van der Waals surface area contributed by atoms with Crippen LogP contribution in [0.2, 0.25) is 0 Å². The Kier molecular flexibility index (Phi) is 4.75. The molecule has 2 atom stereocenters. The van der Waals surface area contributed by atoms with E-state index in [0.717, 1.165) is 19.3 Å². The van der Waals surface area contributed by atoms with Crippen LogP contribution in [-0.4, -0.2) is 36.8 Å². The van der Waals surface area contributed by atoms with E-state index < -0.39 is 10.0 Å². The topological polar surface area (TPSA) is 66.5 Å². The van der Waals surface area contributed by atoms with E-state index in [0.29, 0.717) is 12.1 Å². The van der Waals surface area contributed by atoms with E-state index in [2.05, 4.69) is 26.1 Å². The number of hydrogen-bond acceptors (Lipinski definition) is 3. The predicted molar refractivity (Wildman–Crippen MR) is 107 cm³/mol. The van der Waals surface area contributed by atoms with Gasteiger partial charge in [-0.2, -0.15) is 4.31 Å². The molecule has 0 aromatic heterocycles. The molecule has 6 heteroatoms. The Hall–Kier alpha value is -1.40. The van der Waals surface area contributed by atoms with Crippen molar-refractivity contribution >= 4 is 15.9 Å². The number of fused-ring (bicyclic) bond motifs is 2. The van der Waals surface area contributed by atoms with Crippen molar-refractivity contribution in [1.82, 2.24) is 9.62 Å². The van der Waals surface area contributed by atoms with E-state index in [1.807, 2.05) is 20.8 Å². The lowest BCUT2D eigenvalue weighted by Crippen LogP contribution is -2.40. The molecule has 1 saturated heterocycles. The number of amides is 1. The maximum absolute atomic E-state index is 13.4. The van der Waals surface area contributed by atoms with Gasteiger partial charge < -0.3 is 5.32 Å². The van der Waals surface area contributed by atoms with E-state index in [9.17, 15) is 13.2 Å². The van der Waals surface area contributed by atoms with Crippen molar-refractivity contribution < 1.29 is 13.2 Å². The van der Waals surface area contributed by atoms with Gasteiger partial charge in [-0.1, -0.05) is 26.8 Å². The summed E-state index contributed by atoms with van der Waals surface area (Å²) < 4.78 is 28.5. The third-order valence-corrected chi connectivity index (χ3v) is 7.45. The van der Waals surface area contributed by atoms with E-state index in [4.69, 9.17) is 0 Å². The van der Waals surface area contributed by atoms with Gasteiger partial charge in [-0.25, -0.2) is 8.42 Å². The molecule has 1 aromatic carbocycles. The van der Waals surface area contributed by atoms with Crippen LogP contribution in [0.3, 0.4) is 0 Å². The predicted octanol–water partition coefficient (Wildman–Crippen LogP) is 3.80. The van der Waals surface area contributed by atoms with Gasteiger partial charge in [0.05, 0.1) is 4.90 Å². The Morgan fingerprint density at radius 2 is 1.85 bits per heavy atom. The van der Waals surface area contributed by atoms with Crippen LogP contribution >= 0.6 is 0 Å². The normalized spacial score (nSPS) is 28.1. The summed E-state index contributed by atoms with van der Waals surface area (Å²) in [6, 6.07) is 6.45. The highest BCUT2D eigenvalue weighted by Crippen LogP contribution is 2.53. The molecular weight excluding hydrogens is 360 g/mol. The number of carbonyl (C=O) groups excluding carboxylic acids is 1. The molecule has 0 unspecified atom stereocenters. The third kappa shape index (κ3) is 4.21. The zero-order valence-corrected chi connectivity index (χ0v) is 18.1. The molecule has 1 saturated carbocycles. The lowest BCUT2D eigenvalue weighted by atomic mass is 9.65. The largest absolute Gasteiger partial charge is 0.347 e. The lowest BCUT2D eigenvalue weighted by molar-refractivity contribution is 0.0919. The molecule has 1 aliphatic heterocycles. The highest BCUT2D eigenvalue weighted by molar-refractivity contribution is 7.89. The maximum Gasteiger partial charge on any atom is 0.251 e. The van der Waals surface area contributed by atoms with Crippen LogP contribution in [0.4, 0.5) is 0 Å². The first kappa shape index (κ1) is 20.3. The molecule has 2 bridgehead atoms. The Morgan fingerprint density at radius 3 is 2.48 bits per heavy atom. The van der Waals surface area contributed by atoms with Gasteiger partial charge in [0.25, 0.3) is 5.91 Å². The maximum atomic E-state index is 13.4. The molecule has 1 heterocycles. The van der Waals surface area contributed by atoms with Crippen molar-refractivity contribution in [3.63, 3.8) is 0 Å². The van der Waals surface area contributed by atoms with Gasteiger partial charge in [0.2, 0.25) is 10.0 Å². The molecule has 0 radical (unpaired) electrons. The van der Waals surface area contributed by atoms with Gasteiger partial charge in [0.1, 0.15) is 0 Å². The summed E-state index contributed by atoms with van der Waals surface area (Å²) in [7, 11) is -3.63. The van der Waals surface area contributed by atoms with Crippen LogP contribution in [0, 0.1) is 10.8 Å². The van der Waals surface area contributed by atoms with E-state index in [1.165, 1.54) is 6.07 Å². The quantitative estimate of drug-likeness (QED) is 0.851. The van der Waals surface area contributed by atoms with Crippen LogP contribution in [-0.2, 0) is 10.0 Å². The average Bonchev–Trinajstić information content (AvgIpc) is 2.75. The zero-order valence-electron chi connectivity index (χ0n) is 17.3. The number of benzene rings is 1. The van der Waals surface area contributed by atoms with Gasteiger partial charge in [-0.15, -0.1) is 0 Å². The molecule has 1 amide bonds. The van der Waals surface area contributed by atoms with Crippen LogP contribution in [0.1, 0.15) is 71.2 Å². The molecule has 1 aromatic rings. The van der Waals surface area contributed by atoms with Crippen molar-refractivity contribution in [2.45, 2.75) is 77.3 Å². The number of nitrogens with one attached hydrogen (secondary N) is 1. The van der Waals surface area contributed by atoms with Crippen LogP contribution < -0.4 is 5.32 Å². The Bertz CT molecular complexity index is 854. The third-order valence-electron chi connectivity index (χ3n) is 5.56. The fourth-order valence-corrected chi connectivity index (χ4v) is 6.86. The zero-order chi connectivity index (χ0) is 20.3. The average molecular weight is 393 g/mol. The van der Waals surface area contributed by atoms with Crippen LogP contribution in [0.25, 0.3) is 0 Å². The summed E-state index contributed by atoms with van der Waals surface area (Å²) >= 11 is 0. The minimum atomic E-state index is -3.63. The van der Waals surface area contributed by atoms with Crippen molar-refractivity contribution in [3.05, 3.63) is 29.8 Å². The standard InChI is InChI=1S/C21H32N2O3S/c1-19(2,3)22-18(24)15-8-7-9-17(10-15)27(25,26)23-14-21(6)12-16(23)11-20(4,5)13-21/h7-10,16H,11-14H2,1-6H3,(H,22,24)/t16-,21-/m0/s1. The molecular formula is C21H32N2O3S. The SMILES string of the molecule is CC1(C)C[C@H]2C[C@](C)(CN2S(=O)(=O)c2cccc(C(=O)NC(C)(C)C)c2)C1. The molecule has 27 heavy (non-hydrogen) atoms. The second-order valence-corrected chi connectivity index (χ2v) is 12.4. The fourth-order valence-electron chi connectivity index (χ4n) is 5.04. The number of sulfonamides is 1. The van der Waals surface area contributed by atoms with Gasteiger partial charge in [-0.3, -0.25) is 4.79 Å². The Labute approximate surface area is 163 Å². The molecule has 2 fully saturated rings. The lowest BCUT2D eigenvalue weighted by Gasteiger charge is -2.39. The highest BCUT2D eigenvalue weighted by atomic mass is 32.2. The number of rotatable bonds is 3. The summed E-state index contributed by atoms with van der Waals surface area (Å²) in [5.41, 5.74) is 0.176. The van der Waals surface area contributed by atoms with Crippen molar-refractivity contribution in [1.29, 1.82) is 0 Å². The first-order valence-corrected chi connectivity index (χ1v) is 11.1. The summed E-state index contributed by atoms with van der Waals surface area (Å²) in [6.45, 7) is 12.9. The number of carbonyl (C=O) groups is 1. The first-order valence-electron chi connectivity index (χ1n) is 9.65. The molecule has 2 aliphatic rings. The number of nitrogens with zero attached hydrogens (tertiary/aromatic N) is 1. The van der Waals surface area contributed by atoms with Crippen LogP contribution in [0.5, 0.6) is 0 Å². The van der Waals surface area contributed by atoms with Gasteiger partial charge in [-0.05, 0) is 69.1 Å². The van der Waals surface area contributed by atoms with E-state index >= 15 is 0 Å². The van der Waals surface area contributed by atoms with Crippen LogP contribution in [0.15, 0.2) is 29.2 Å². The molecule has 150 valence electrons. The van der Waals surface area contributed by atoms with E-state index in [1.54, 1.807) is 22.5 Å². The first-order chi connectivity index (χ1) is 12.2. The Balaban J connectivity index is 1.90. The summed E-state index contributed by atoms with van der Waals surface area (Å²) in [5.74, 6) is -0.257. The smallest absolute Gasteiger partial charge is 0.251 e. The number of hydrogen-bond donors (Lipinski definition) is 1.